The van der Waals surface area contributed by atoms with Gasteiger partial charge in [-0.05, 0) is 33.1 Å². The molecule has 142 valence electrons. The molecule has 1 amide bonds. The van der Waals surface area contributed by atoms with Gasteiger partial charge in [0.25, 0.3) is 0 Å². The van der Waals surface area contributed by atoms with Crippen LogP contribution < -0.4 is 5.32 Å². The Labute approximate surface area is 147 Å². The molecule has 0 unspecified atom stereocenters. The highest BCUT2D eigenvalue weighted by Crippen LogP contribution is 2.18. The Morgan fingerprint density at radius 1 is 1.04 bits per heavy atom. The molecular formula is C19H37NO4. The second-order valence-corrected chi connectivity index (χ2v) is 7.74. The largest absolute Gasteiger partial charge is 0.481 e. The van der Waals surface area contributed by atoms with E-state index in [1.165, 1.54) is 38.5 Å². The third-order valence-electron chi connectivity index (χ3n) is 4.05. The highest BCUT2D eigenvalue weighted by atomic mass is 16.6. The van der Waals surface area contributed by atoms with Crippen molar-refractivity contribution in [3.8, 4) is 0 Å². The van der Waals surface area contributed by atoms with Gasteiger partial charge in [-0.25, -0.2) is 4.79 Å². The van der Waals surface area contributed by atoms with Crippen molar-refractivity contribution in [3.05, 3.63) is 0 Å². The average molecular weight is 344 g/mol. The van der Waals surface area contributed by atoms with Gasteiger partial charge in [-0.2, -0.15) is 0 Å². The van der Waals surface area contributed by atoms with E-state index in [-0.39, 0.29) is 12.3 Å². The summed E-state index contributed by atoms with van der Waals surface area (Å²) in [5, 5.41) is 11.8. The molecule has 0 saturated heterocycles. The number of unbranched alkanes of at least 4 members (excludes halogenated alkanes) is 6. The molecule has 0 aliphatic rings. The van der Waals surface area contributed by atoms with E-state index in [2.05, 4.69) is 12.2 Å². The van der Waals surface area contributed by atoms with E-state index < -0.39 is 23.7 Å². The number of hydrogen-bond donors (Lipinski definition) is 2. The first-order valence-corrected chi connectivity index (χ1v) is 9.37. The molecule has 0 saturated carbocycles. The lowest BCUT2D eigenvalue weighted by atomic mass is 9.92. The van der Waals surface area contributed by atoms with Crippen LogP contribution in [0.4, 0.5) is 4.79 Å². The zero-order chi connectivity index (χ0) is 18.6. The second kappa shape index (κ2) is 12.2. The van der Waals surface area contributed by atoms with Crippen LogP contribution in [0.15, 0.2) is 0 Å². The number of rotatable bonds is 12. The van der Waals surface area contributed by atoms with Crippen LogP contribution >= 0.6 is 0 Å². The lowest BCUT2D eigenvalue weighted by Crippen LogP contribution is -2.43. The summed E-state index contributed by atoms with van der Waals surface area (Å²) in [6, 6.07) is -0.391. The Kier molecular flexibility index (Phi) is 11.5. The minimum atomic E-state index is -0.900. The Morgan fingerprint density at radius 3 is 2.08 bits per heavy atom. The smallest absolute Gasteiger partial charge is 0.407 e. The zero-order valence-electron chi connectivity index (χ0n) is 16.2. The molecule has 0 bridgehead atoms. The molecule has 5 heteroatoms. The molecular weight excluding hydrogens is 306 g/mol. The van der Waals surface area contributed by atoms with E-state index in [1.807, 2.05) is 6.92 Å². The Hall–Kier alpha value is -1.26. The van der Waals surface area contributed by atoms with Crippen LogP contribution in [0.5, 0.6) is 0 Å². The first-order chi connectivity index (χ1) is 11.2. The number of nitrogens with one attached hydrogen (secondary N) is 1. The topological polar surface area (TPSA) is 75.6 Å². The van der Waals surface area contributed by atoms with E-state index in [1.54, 1.807) is 20.8 Å². The normalized spacial score (nSPS) is 14.0. The molecule has 0 aliphatic heterocycles. The number of carbonyl (C=O) groups excluding carboxylic acids is 1. The van der Waals surface area contributed by atoms with Gasteiger partial charge in [0.15, 0.2) is 0 Å². The number of hydrogen-bond acceptors (Lipinski definition) is 3. The van der Waals surface area contributed by atoms with Crippen molar-refractivity contribution >= 4 is 12.1 Å². The van der Waals surface area contributed by atoms with Crippen LogP contribution in [0, 0.1) is 5.92 Å². The number of carboxylic acid groups (broad SMARTS) is 1. The van der Waals surface area contributed by atoms with Crippen LogP contribution in [0.25, 0.3) is 0 Å². The number of alkyl carbamates (subject to hydrolysis) is 1. The van der Waals surface area contributed by atoms with Gasteiger partial charge < -0.3 is 15.2 Å². The molecule has 2 N–H and O–H groups in total. The molecule has 24 heavy (non-hydrogen) atoms. The van der Waals surface area contributed by atoms with Gasteiger partial charge in [0, 0.05) is 6.04 Å². The standard InChI is InChI=1S/C19H37NO4/c1-6-7-8-9-10-11-12-13-15(2)16(14-17(21)22)20-18(23)24-19(3,4)5/h15-16H,6-14H2,1-5H3,(H,20,23)(H,21,22)/t15-,16-/m1/s1. The molecule has 0 heterocycles. The summed E-state index contributed by atoms with van der Waals surface area (Å²) >= 11 is 0. The Morgan fingerprint density at radius 2 is 1.58 bits per heavy atom. The van der Waals surface area contributed by atoms with Crippen molar-refractivity contribution < 1.29 is 19.4 Å². The van der Waals surface area contributed by atoms with Gasteiger partial charge in [0.05, 0.1) is 6.42 Å². The van der Waals surface area contributed by atoms with Gasteiger partial charge in [0.1, 0.15) is 5.60 Å². The quantitative estimate of drug-likeness (QED) is 0.482. The van der Waals surface area contributed by atoms with Crippen molar-refractivity contribution in [2.45, 2.75) is 104 Å². The third-order valence-corrected chi connectivity index (χ3v) is 4.05. The van der Waals surface area contributed by atoms with Crippen molar-refractivity contribution in [2.75, 3.05) is 0 Å². The van der Waals surface area contributed by atoms with E-state index >= 15 is 0 Å². The number of amides is 1. The molecule has 0 rings (SSSR count). The maximum atomic E-state index is 11.9. The van der Waals surface area contributed by atoms with Crippen molar-refractivity contribution in [3.63, 3.8) is 0 Å². The van der Waals surface area contributed by atoms with Gasteiger partial charge in [0.2, 0.25) is 0 Å². The van der Waals surface area contributed by atoms with E-state index in [0.29, 0.717) is 0 Å². The van der Waals surface area contributed by atoms with E-state index in [0.717, 1.165) is 12.8 Å². The Balaban J connectivity index is 4.23. The minimum absolute atomic E-state index is 0.0725. The summed E-state index contributed by atoms with van der Waals surface area (Å²) in [7, 11) is 0. The fourth-order valence-corrected chi connectivity index (χ4v) is 2.67. The summed E-state index contributed by atoms with van der Waals surface area (Å²) in [6.45, 7) is 9.59. The van der Waals surface area contributed by atoms with E-state index in [4.69, 9.17) is 9.84 Å². The van der Waals surface area contributed by atoms with Crippen LogP contribution in [0.3, 0.4) is 0 Å². The summed E-state index contributed by atoms with van der Waals surface area (Å²) in [4.78, 5) is 23.0. The highest BCUT2D eigenvalue weighted by molar-refractivity contribution is 5.71. The number of carbonyl (C=O) groups is 2. The number of ether oxygens (including phenoxy) is 1. The first-order valence-electron chi connectivity index (χ1n) is 9.37. The summed E-state index contributed by atoms with van der Waals surface area (Å²) in [6.07, 6.45) is 8.90. The lowest BCUT2D eigenvalue weighted by Gasteiger charge is -2.26. The zero-order valence-corrected chi connectivity index (χ0v) is 16.2. The van der Waals surface area contributed by atoms with Crippen LogP contribution in [-0.2, 0) is 9.53 Å². The fraction of sp³-hybridized carbons (Fsp3) is 0.895. The maximum Gasteiger partial charge on any atom is 0.407 e. The summed E-state index contributed by atoms with van der Waals surface area (Å²) < 4.78 is 5.24. The van der Waals surface area contributed by atoms with Crippen LogP contribution in [-0.4, -0.2) is 28.8 Å². The predicted molar refractivity (Wildman–Crippen MR) is 97.2 cm³/mol. The predicted octanol–water partition coefficient (Wildman–Crippen LogP) is 5.13. The molecule has 0 aliphatic carbocycles. The van der Waals surface area contributed by atoms with Gasteiger partial charge >= 0.3 is 12.1 Å². The molecule has 0 aromatic carbocycles. The summed E-state index contributed by atoms with van der Waals surface area (Å²) in [5.74, 6) is -0.785. The van der Waals surface area contributed by atoms with Gasteiger partial charge in [-0.1, -0.05) is 58.8 Å². The van der Waals surface area contributed by atoms with Gasteiger partial charge in [-0.3, -0.25) is 4.79 Å². The molecule has 5 nitrogen and oxygen atoms in total. The fourth-order valence-electron chi connectivity index (χ4n) is 2.67. The minimum Gasteiger partial charge on any atom is -0.481 e. The monoisotopic (exact) mass is 343 g/mol. The maximum absolute atomic E-state index is 11.9. The molecule has 0 aromatic rings. The van der Waals surface area contributed by atoms with Crippen LogP contribution in [0.2, 0.25) is 0 Å². The molecule has 0 radical (unpaired) electrons. The Bertz CT molecular complexity index is 363. The van der Waals surface area contributed by atoms with Crippen molar-refractivity contribution in [1.29, 1.82) is 0 Å². The van der Waals surface area contributed by atoms with Crippen molar-refractivity contribution in [2.24, 2.45) is 5.92 Å². The highest BCUT2D eigenvalue weighted by Gasteiger charge is 2.25. The number of carboxylic acids is 1. The van der Waals surface area contributed by atoms with Crippen LogP contribution in [0.1, 0.15) is 92.4 Å². The van der Waals surface area contributed by atoms with Gasteiger partial charge in [-0.15, -0.1) is 0 Å². The first kappa shape index (κ1) is 22.7. The molecule has 0 fully saturated rings. The average Bonchev–Trinajstić information content (AvgIpc) is 2.42. The molecule has 2 atom stereocenters. The number of aliphatic carboxylic acids is 1. The third kappa shape index (κ3) is 13.2. The molecule has 0 aromatic heterocycles. The lowest BCUT2D eigenvalue weighted by molar-refractivity contribution is -0.137. The van der Waals surface area contributed by atoms with Crippen molar-refractivity contribution in [1.82, 2.24) is 5.32 Å². The second-order valence-electron chi connectivity index (χ2n) is 7.74. The molecule has 0 spiro atoms. The van der Waals surface area contributed by atoms with E-state index in [9.17, 15) is 9.59 Å². The summed E-state index contributed by atoms with van der Waals surface area (Å²) in [5.41, 5.74) is -0.584. The SMILES string of the molecule is CCCCCCCCC[C@@H](C)[C@@H](CC(=O)O)NC(=O)OC(C)(C)C.